The van der Waals surface area contributed by atoms with Crippen LogP contribution in [0.1, 0.15) is 12.5 Å². The first-order valence-electron chi connectivity index (χ1n) is 9.02. The van der Waals surface area contributed by atoms with E-state index in [9.17, 15) is 9.59 Å². The summed E-state index contributed by atoms with van der Waals surface area (Å²) in [7, 11) is 0. The number of nitrogens with one attached hydrogen (secondary N) is 3. The van der Waals surface area contributed by atoms with E-state index in [0.29, 0.717) is 18.7 Å². The number of aryl methyl sites for hydroxylation is 1. The number of carbonyl (C=O) groups excluding carboxylic acids is 2. The molecule has 1 aromatic rings. The van der Waals surface area contributed by atoms with Gasteiger partial charge in [0.15, 0.2) is 0 Å². The Bertz CT molecular complexity index is 805. The van der Waals surface area contributed by atoms with Gasteiger partial charge in [-0.25, -0.2) is 5.43 Å². The fraction of sp³-hybridized carbons (Fsp3) is 0.444. The summed E-state index contributed by atoms with van der Waals surface area (Å²) in [4.78, 5) is 28.1. The van der Waals surface area contributed by atoms with Gasteiger partial charge in [0.05, 0.1) is 11.3 Å². The molecule has 144 valence electrons. The SMILES string of the molecule is CC(=O)N1CCN(C2NC(=O)C3=CN(c4ccc(Br)cc4C)NC3N2)CC1. The van der Waals surface area contributed by atoms with E-state index in [1.807, 2.05) is 41.2 Å². The monoisotopic (exact) mass is 434 g/mol. The molecule has 3 heterocycles. The average molecular weight is 435 g/mol. The summed E-state index contributed by atoms with van der Waals surface area (Å²) in [6.45, 7) is 6.42. The molecule has 0 aliphatic carbocycles. The Balaban J connectivity index is 1.45. The summed E-state index contributed by atoms with van der Waals surface area (Å²) in [5, 5.41) is 8.37. The predicted octanol–water partition coefficient (Wildman–Crippen LogP) is 0.459. The van der Waals surface area contributed by atoms with Crippen molar-refractivity contribution in [2.45, 2.75) is 26.3 Å². The van der Waals surface area contributed by atoms with E-state index < -0.39 is 0 Å². The molecular weight excluding hydrogens is 412 g/mol. The van der Waals surface area contributed by atoms with Crippen LogP contribution in [0.2, 0.25) is 0 Å². The van der Waals surface area contributed by atoms with Crippen LogP contribution in [-0.4, -0.2) is 60.2 Å². The summed E-state index contributed by atoms with van der Waals surface area (Å²) in [5.74, 6) is 0.0148. The molecule has 27 heavy (non-hydrogen) atoms. The van der Waals surface area contributed by atoms with Crippen LogP contribution in [-0.2, 0) is 9.59 Å². The molecule has 3 N–H and O–H groups in total. The van der Waals surface area contributed by atoms with Gasteiger partial charge >= 0.3 is 0 Å². The van der Waals surface area contributed by atoms with Crippen molar-refractivity contribution in [2.24, 2.45) is 0 Å². The second kappa shape index (κ2) is 7.23. The molecule has 2 atom stereocenters. The number of anilines is 1. The third kappa shape index (κ3) is 3.60. The van der Waals surface area contributed by atoms with Crippen molar-refractivity contribution in [3.8, 4) is 0 Å². The first kappa shape index (κ1) is 18.4. The number of hydrogen-bond acceptors (Lipinski definition) is 6. The van der Waals surface area contributed by atoms with E-state index in [4.69, 9.17) is 0 Å². The number of piperazine rings is 1. The smallest absolute Gasteiger partial charge is 0.254 e. The van der Waals surface area contributed by atoms with E-state index in [1.54, 1.807) is 6.92 Å². The number of carbonyl (C=O) groups is 2. The minimum atomic E-state index is -0.257. The molecule has 8 nitrogen and oxygen atoms in total. The summed E-state index contributed by atoms with van der Waals surface area (Å²) < 4.78 is 1.02. The molecule has 2 amide bonds. The lowest BCUT2D eigenvalue weighted by molar-refractivity contribution is -0.132. The molecule has 2 fully saturated rings. The Morgan fingerprint density at radius 3 is 2.63 bits per heavy atom. The number of hydrogen-bond donors (Lipinski definition) is 3. The van der Waals surface area contributed by atoms with E-state index in [1.165, 1.54) is 0 Å². The van der Waals surface area contributed by atoms with Gasteiger partial charge in [-0.3, -0.25) is 24.8 Å². The lowest BCUT2D eigenvalue weighted by atomic mass is 10.1. The Morgan fingerprint density at radius 1 is 1.22 bits per heavy atom. The van der Waals surface area contributed by atoms with E-state index >= 15 is 0 Å². The van der Waals surface area contributed by atoms with Gasteiger partial charge in [0.25, 0.3) is 5.91 Å². The fourth-order valence-corrected chi connectivity index (χ4v) is 4.18. The van der Waals surface area contributed by atoms with Crippen molar-refractivity contribution in [3.63, 3.8) is 0 Å². The Kier molecular flexibility index (Phi) is 4.94. The molecular formula is C18H23BrN6O2. The molecule has 0 spiro atoms. The number of benzene rings is 1. The van der Waals surface area contributed by atoms with Gasteiger partial charge < -0.3 is 10.2 Å². The van der Waals surface area contributed by atoms with Gasteiger partial charge in [0.1, 0.15) is 12.5 Å². The van der Waals surface area contributed by atoms with Crippen molar-refractivity contribution in [3.05, 3.63) is 40.0 Å². The average Bonchev–Trinajstić information content (AvgIpc) is 3.06. The lowest BCUT2D eigenvalue weighted by Gasteiger charge is -2.42. The van der Waals surface area contributed by atoms with Crippen molar-refractivity contribution in [1.29, 1.82) is 0 Å². The van der Waals surface area contributed by atoms with Crippen LogP contribution in [0.4, 0.5) is 5.69 Å². The van der Waals surface area contributed by atoms with E-state index in [0.717, 1.165) is 28.8 Å². The molecule has 3 aliphatic rings. The first-order valence-corrected chi connectivity index (χ1v) is 9.81. The number of nitrogens with zero attached hydrogens (tertiary/aromatic N) is 3. The third-order valence-electron chi connectivity index (χ3n) is 5.25. The molecule has 4 rings (SSSR count). The van der Waals surface area contributed by atoms with Gasteiger partial charge in [0.2, 0.25) is 5.91 Å². The van der Waals surface area contributed by atoms with Gasteiger partial charge in [-0.1, -0.05) is 15.9 Å². The van der Waals surface area contributed by atoms with E-state index in [-0.39, 0.29) is 24.3 Å². The zero-order chi connectivity index (χ0) is 19.1. The van der Waals surface area contributed by atoms with Crippen LogP contribution in [0, 0.1) is 6.92 Å². The van der Waals surface area contributed by atoms with Crippen molar-refractivity contribution >= 4 is 33.4 Å². The van der Waals surface area contributed by atoms with Gasteiger partial charge in [-0.05, 0) is 30.7 Å². The van der Waals surface area contributed by atoms with Crippen molar-refractivity contribution in [1.82, 2.24) is 25.9 Å². The van der Waals surface area contributed by atoms with Crippen LogP contribution in [0.3, 0.4) is 0 Å². The third-order valence-corrected chi connectivity index (χ3v) is 5.74. The molecule has 9 heteroatoms. The molecule has 1 aromatic carbocycles. The number of fused-ring (bicyclic) bond motifs is 1. The molecule has 0 bridgehead atoms. The number of hydrazine groups is 1. The van der Waals surface area contributed by atoms with Gasteiger partial charge in [-0.15, -0.1) is 0 Å². The topological polar surface area (TPSA) is 80.0 Å². The van der Waals surface area contributed by atoms with Crippen molar-refractivity contribution in [2.75, 3.05) is 31.2 Å². The lowest BCUT2D eigenvalue weighted by Crippen LogP contribution is -2.69. The molecule has 2 unspecified atom stereocenters. The zero-order valence-electron chi connectivity index (χ0n) is 15.3. The fourth-order valence-electron chi connectivity index (χ4n) is 3.70. The number of amides is 2. The molecule has 3 aliphatic heterocycles. The first-order chi connectivity index (χ1) is 12.9. The molecule has 0 radical (unpaired) electrons. The largest absolute Gasteiger partial charge is 0.340 e. The Morgan fingerprint density at radius 2 is 1.96 bits per heavy atom. The predicted molar refractivity (Wildman–Crippen MR) is 105 cm³/mol. The van der Waals surface area contributed by atoms with E-state index in [2.05, 4.69) is 36.9 Å². The standard InChI is InChI=1S/C18H23BrN6O2/c1-11-9-13(19)3-4-15(11)25-10-14-16(22-25)20-18(21-17(14)27)24-7-5-23(6-8-24)12(2)26/h3-4,9-10,16,18,20,22H,5-8H2,1-2H3,(H,21,27). The molecule has 0 saturated carbocycles. The molecule has 2 saturated heterocycles. The van der Waals surface area contributed by atoms with Crippen LogP contribution in [0.25, 0.3) is 0 Å². The van der Waals surface area contributed by atoms with Crippen LogP contribution in [0.5, 0.6) is 0 Å². The summed E-state index contributed by atoms with van der Waals surface area (Å²) in [6.07, 6.45) is 1.33. The highest BCUT2D eigenvalue weighted by atomic mass is 79.9. The zero-order valence-corrected chi connectivity index (χ0v) is 16.9. The Labute approximate surface area is 166 Å². The maximum Gasteiger partial charge on any atom is 0.254 e. The van der Waals surface area contributed by atoms with Gasteiger partial charge in [0, 0.05) is 43.8 Å². The van der Waals surface area contributed by atoms with Crippen LogP contribution < -0.4 is 21.1 Å². The van der Waals surface area contributed by atoms with Crippen LogP contribution in [0.15, 0.2) is 34.4 Å². The summed E-state index contributed by atoms with van der Waals surface area (Å²) >= 11 is 3.48. The molecule has 0 aromatic heterocycles. The maximum absolute atomic E-state index is 12.6. The normalized spacial score (nSPS) is 25.9. The summed E-state index contributed by atoms with van der Waals surface area (Å²) in [6, 6.07) is 6.04. The maximum atomic E-state index is 12.6. The summed E-state index contributed by atoms with van der Waals surface area (Å²) in [5.41, 5.74) is 6.12. The second-order valence-electron chi connectivity index (χ2n) is 7.03. The number of rotatable bonds is 2. The minimum absolute atomic E-state index is 0.0810. The highest BCUT2D eigenvalue weighted by molar-refractivity contribution is 9.10. The Hall–Kier alpha value is -1.94. The van der Waals surface area contributed by atoms with Crippen molar-refractivity contribution < 1.29 is 9.59 Å². The van der Waals surface area contributed by atoms with Gasteiger partial charge in [-0.2, -0.15) is 0 Å². The quantitative estimate of drug-likeness (QED) is 0.627. The number of halogens is 1. The highest BCUT2D eigenvalue weighted by Crippen LogP contribution is 2.27. The van der Waals surface area contributed by atoms with Crippen LogP contribution >= 0.6 is 15.9 Å². The second-order valence-corrected chi connectivity index (χ2v) is 7.95. The minimum Gasteiger partial charge on any atom is -0.340 e. The highest BCUT2D eigenvalue weighted by Gasteiger charge is 2.39.